The Morgan fingerprint density at radius 1 is 1.06 bits per heavy atom. The van der Waals surface area contributed by atoms with E-state index in [1.165, 1.54) is 17.5 Å². The summed E-state index contributed by atoms with van der Waals surface area (Å²) in [6.45, 7) is 0.252. The van der Waals surface area contributed by atoms with E-state index < -0.39 is 22.7 Å². The van der Waals surface area contributed by atoms with Gasteiger partial charge in [0.25, 0.3) is 0 Å². The van der Waals surface area contributed by atoms with E-state index >= 15 is 0 Å². The Morgan fingerprint density at radius 3 is 2.29 bits per heavy atom. The highest BCUT2D eigenvalue weighted by Crippen LogP contribution is 2.30. The van der Waals surface area contributed by atoms with Crippen molar-refractivity contribution >= 4 is 15.9 Å². The summed E-state index contributed by atoms with van der Waals surface area (Å²) >= 11 is 0. The van der Waals surface area contributed by atoms with Crippen molar-refractivity contribution in [1.82, 2.24) is 14.1 Å². The van der Waals surface area contributed by atoms with Gasteiger partial charge in [0, 0.05) is 32.7 Å². The Balaban J connectivity index is 1.58. The number of carbonyl (C=O) groups is 1. The second kappa shape index (κ2) is 11.1. The van der Waals surface area contributed by atoms with Crippen LogP contribution in [0.3, 0.4) is 0 Å². The van der Waals surface area contributed by atoms with E-state index in [0.29, 0.717) is 19.6 Å². The fourth-order valence-corrected chi connectivity index (χ4v) is 5.21. The van der Waals surface area contributed by atoms with Gasteiger partial charge in [-0.1, -0.05) is 24.3 Å². The minimum atomic E-state index is -3.59. The lowest BCUT2D eigenvalue weighted by molar-refractivity contribution is -0.137. The number of sulfonamides is 1. The van der Waals surface area contributed by atoms with Crippen LogP contribution in [0.15, 0.2) is 53.4 Å². The number of hydrogen-bond donors (Lipinski definition) is 0. The SMILES string of the molecule is COc1cc(CN(C)C(C)C(=O)N2CCN(S(=O)(=O)c3ccccc3)CC2)ccc1OC(F)F. The van der Waals surface area contributed by atoms with Gasteiger partial charge in [-0.05, 0) is 43.8 Å². The number of ether oxygens (including phenoxy) is 2. The highest BCUT2D eigenvalue weighted by Gasteiger charge is 2.32. The molecular weight excluding hydrogens is 468 g/mol. The van der Waals surface area contributed by atoms with Crippen molar-refractivity contribution in [3.8, 4) is 11.5 Å². The first kappa shape index (κ1) is 25.9. The molecule has 0 aromatic heterocycles. The quantitative estimate of drug-likeness (QED) is 0.530. The Labute approximate surface area is 198 Å². The van der Waals surface area contributed by atoms with E-state index in [9.17, 15) is 22.0 Å². The van der Waals surface area contributed by atoms with Gasteiger partial charge < -0.3 is 14.4 Å². The molecule has 1 amide bonds. The van der Waals surface area contributed by atoms with Crippen LogP contribution in [0.4, 0.5) is 8.78 Å². The minimum Gasteiger partial charge on any atom is -0.493 e. The second-order valence-corrected chi connectivity index (χ2v) is 9.94. The number of piperazine rings is 1. The highest BCUT2D eigenvalue weighted by atomic mass is 32.2. The van der Waals surface area contributed by atoms with E-state index in [2.05, 4.69) is 4.74 Å². The van der Waals surface area contributed by atoms with Gasteiger partial charge in [0.1, 0.15) is 0 Å². The van der Waals surface area contributed by atoms with Gasteiger partial charge >= 0.3 is 6.61 Å². The number of benzene rings is 2. The van der Waals surface area contributed by atoms with E-state index in [-0.39, 0.29) is 35.4 Å². The summed E-state index contributed by atoms with van der Waals surface area (Å²) in [7, 11) is -0.438. The number of alkyl halides is 2. The normalized spacial score (nSPS) is 16.0. The number of halogens is 2. The first-order chi connectivity index (χ1) is 16.1. The van der Waals surface area contributed by atoms with E-state index in [4.69, 9.17) is 4.74 Å². The summed E-state index contributed by atoms with van der Waals surface area (Å²) in [5.41, 5.74) is 0.763. The number of rotatable bonds is 9. The first-order valence-corrected chi connectivity index (χ1v) is 12.2. The monoisotopic (exact) mass is 497 g/mol. The van der Waals surface area contributed by atoms with Gasteiger partial charge in [-0.15, -0.1) is 0 Å². The molecular formula is C23H29F2N3O5S. The summed E-state index contributed by atoms with van der Waals surface area (Å²) in [5.74, 6) is 0.0150. The second-order valence-electron chi connectivity index (χ2n) is 8.00. The molecule has 1 saturated heterocycles. The number of carbonyl (C=O) groups excluding carboxylic acids is 1. The largest absolute Gasteiger partial charge is 0.493 e. The van der Waals surface area contributed by atoms with Crippen LogP contribution < -0.4 is 9.47 Å². The molecule has 0 spiro atoms. The van der Waals surface area contributed by atoms with Crippen LogP contribution in [0.2, 0.25) is 0 Å². The Bertz CT molecular complexity index is 1080. The van der Waals surface area contributed by atoms with Gasteiger partial charge in [0.2, 0.25) is 15.9 Å². The molecule has 1 aliphatic rings. The standard InChI is InChI=1S/C23H29F2N3O5S/c1-17(26(2)16-18-9-10-20(33-23(24)25)21(15-18)32-3)22(29)27-11-13-28(14-12-27)34(30,31)19-7-5-4-6-8-19/h4-10,15,17,23H,11-14,16H2,1-3H3. The van der Waals surface area contributed by atoms with Crippen molar-refractivity contribution < 1.29 is 31.5 Å². The Hall–Kier alpha value is -2.76. The fraction of sp³-hybridized carbons (Fsp3) is 0.435. The van der Waals surface area contributed by atoms with Crippen molar-refractivity contribution in [2.24, 2.45) is 0 Å². The molecule has 0 saturated carbocycles. The lowest BCUT2D eigenvalue weighted by Crippen LogP contribution is -2.54. The first-order valence-electron chi connectivity index (χ1n) is 10.8. The van der Waals surface area contributed by atoms with Crippen LogP contribution in [-0.4, -0.2) is 81.4 Å². The lowest BCUT2D eigenvalue weighted by Gasteiger charge is -2.37. The zero-order chi connectivity index (χ0) is 24.9. The van der Waals surface area contributed by atoms with Crippen molar-refractivity contribution in [3.63, 3.8) is 0 Å². The average Bonchev–Trinajstić information content (AvgIpc) is 2.84. The number of amides is 1. The topological polar surface area (TPSA) is 79.4 Å². The summed E-state index contributed by atoms with van der Waals surface area (Å²) in [4.78, 5) is 16.8. The highest BCUT2D eigenvalue weighted by molar-refractivity contribution is 7.89. The zero-order valence-electron chi connectivity index (χ0n) is 19.4. The van der Waals surface area contributed by atoms with E-state index in [1.54, 1.807) is 61.3 Å². The van der Waals surface area contributed by atoms with Crippen LogP contribution in [-0.2, 0) is 21.4 Å². The molecule has 186 valence electrons. The zero-order valence-corrected chi connectivity index (χ0v) is 20.2. The molecule has 1 aliphatic heterocycles. The van der Waals surface area contributed by atoms with Gasteiger partial charge in [-0.25, -0.2) is 8.42 Å². The molecule has 0 bridgehead atoms. The summed E-state index contributed by atoms with van der Waals surface area (Å²) in [6.07, 6.45) is 0. The summed E-state index contributed by atoms with van der Waals surface area (Å²) < 4.78 is 61.6. The number of methoxy groups -OCH3 is 1. The van der Waals surface area contributed by atoms with Crippen LogP contribution in [0.25, 0.3) is 0 Å². The number of nitrogens with zero attached hydrogens (tertiary/aromatic N) is 3. The molecule has 2 aromatic carbocycles. The molecule has 34 heavy (non-hydrogen) atoms. The molecule has 0 aliphatic carbocycles. The molecule has 1 unspecified atom stereocenters. The smallest absolute Gasteiger partial charge is 0.387 e. The molecule has 8 nitrogen and oxygen atoms in total. The van der Waals surface area contributed by atoms with Gasteiger partial charge in [-0.3, -0.25) is 9.69 Å². The lowest BCUT2D eigenvalue weighted by atomic mass is 10.1. The van der Waals surface area contributed by atoms with E-state index in [0.717, 1.165) is 5.56 Å². The number of likely N-dealkylation sites (N-methyl/N-ethyl adjacent to an activating group) is 1. The predicted octanol–water partition coefficient (Wildman–Crippen LogP) is 2.65. The minimum absolute atomic E-state index is 0.0589. The maximum Gasteiger partial charge on any atom is 0.387 e. The average molecular weight is 498 g/mol. The molecule has 1 fully saturated rings. The van der Waals surface area contributed by atoms with Crippen molar-refractivity contribution in [2.75, 3.05) is 40.3 Å². The van der Waals surface area contributed by atoms with Gasteiger partial charge in [0.15, 0.2) is 11.5 Å². The van der Waals surface area contributed by atoms with Gasteiger partial charge in [-0.2, -0.15) is 13.1 Å². The molecule has 0 radical (unpaired) electrons. The van der Waals surface area contributed by atoms with Crippen LogP contribution in [0.5, 0.6) is 11.5 Å². The predicted molar refractivity (Wildman–Crippen MR) is 122 cm³/mol. The molecule has 2 aromatic rings. The molecule has 1 atom stereocenters. The van der Waals surface area contributed by atoms with Crippen LogP contribution in [0, 0.1) is 0 Å². The van der Waals surface area contributed by atoms with Crippen molar-refractivity contribution in [2.45, 2.75) is 31.0 Å². The third-order valence-corrected chi connectivity index (χ3v) is 7.74. The Kier molecular flexibility index (Phi) is 8.45. The van der Waals surface area contributed by atoms with Crippen LogP contribution in [0.1, 0.15) is 12.5 Å². The molecule has 11 heteroatoms. The molecule has 3 rings (SSSR count). The molecule has 1 heterocycles. The third kappa shape index (κ3) is 6.02. The van der Waals surface area contributed by atoms with Gasteiger partial charge in [0.05, 0.1) is 18.0 Å². The fourth-order valence-electron chi connectivity index (χ4n) is 3.77. The maximum absolute atomic E-state index is 13.0. The van der Waals surface area contributed by atoms with Crippen molar-refractivity contribution in [3.05, 3.63) is 54.1 Å². The summed E-state index contributed by atoms with van der Waals surface area (Å²) in [5, 5.41) is 0. The van der Waals surface area contributed by atoms with E-state index in [1.807, 2.05) is 4.90 Å². The molecule has 0 N–H and O–H groups in total. The van der Waals surface area contributed by atoms with Crippen LogP contribution >= 0.6 is 0 Å². The third-order valence-electron chi connectivity index (χ3n) is 5.83. The summed E-state index contributed by atoms with van der Waals surface area (Å²) in [6, 6.07) is 12.4. The number of hydrogen-bond acceptors (Lipinski definition) is 6. The Morgan fingerprint density at radius 2 is 1.71 bits per heavy atom. The van der Waals surface area contributed by atoms with Crippen molar-refractivity contribution in [1.29, 1.82) is 0 Å². The maximum atomic E-state index is 13.0.